The summed E-state index contributed by atoms with van der Waals surface area (Å²) in [5.41, 5.74) is 13.6. The zero-order valence-electron chi connectivity index (χ0n) is 50.0. The van der Waals surface area contributed by atoms with E-state index in [0.717, 1.165) is 11.1 Å². The Kier molecular flexibility index (Phi) is 28.6. The number of urea groups is 1. The van der Waals surface area contributed by atoms with Gasteiger partial charge in [0.25, 0.3) is 0 Å². The smallest absolute Gasteiger partial charge is 0.328 e. The minimum absolute atomic E-state index is 0.0540. The molecule has 1 fully saturated rings. The molecule has 2 aromatic carbocycles. The number of esters is 1. The van der Waals surface area contributed by atoms with Gasteiger partial charge in [0.15, 0.2) is 0 Å². The van der Waals surface area contributed by atoms with Gasteiger partial charge in [0.1, 0.15) is 18.1 Å². The van der Waals surface area contributed by atoms with Crippen molar-refractivity contribution < 1.29 is 52.6 Å². The van der Waals surface area contributed by atoms with E-state index in [-0.39, 0.29) is 67.2 Å². The number of ether oxygens (including phenoxy) is 3. The van der Waals surface area contributed by atoms with Crippen LogP contribution in [0, 0.1) is 29.6 Å². The van der Waals surface area contributed by atoms with Crippen LogP contribution in [0.3, 0.4) is 0 Å². The molecule has 8 amide bonds. The number of likely N-dealkylation sites (N-methyl/N-ethyl adjacent to an activating group) is 2. The number of rotatable bonds is 33. The second-order valence-electron chi connectivity index (χ2n) is 22.5. The molecule has 0 bridgehead atoms. The maximum Gasteiger partial charge on any atom is 0.328 e. The number of methoxy groups -OCH3 is 3. The highest BCUT2D eigenvalue weighted by molar-refractivity contribution is 5.98. The summed E-state index contributed by atoms with van der Waals surface area (Å²) >= 11 is 0. The fourth-order valence-electron chi connectivity index (χ4n) is 10.6. The van der Waals surface area contributed by atoms with Gasteiger partial charge in [0.2, 0.25) is 35.4 Å². The lowest BCUT2D eigenvalue weighted by Crippen LogP contribution is -2.60. The Labute approximate surface area is 475 Å². The summed E-state index contributed by atoms with van der Waals surface area (Å²) in [4.78, 5) is 113. The summed E-state index contributed by atoms with van der Waals surface area (Å²) in [6, 6.07) is 10.8. The number of nitrogens with zero attached hydrogens (tertiary/aromatic N) is 3. The lowest BCUT2D eigenvalue weighted by molar-refractivity contribution is -0.149. The first-order chi connectivity index (χ1) is 37.8. The standard InChI is InChI=1S/C59H96N10O11/c1-15-38(8)51(46(78-12)34-47(70)69-31-20-24-45(69)52(79-13)39(9)53(71)65-44(58(76)80-14)33-41-21-17-16-18-22-41)68(11)57(75)49(36(4)5)66-56(74)50(37(6)7)67(10)32-29-40-25-27-42(28-26-40)63-54(72)43(23-19-30-62-59(61)77)64-55(73)48(60)35(2)3/h16-18,21-22,25-28,35-39,43-46,48-52H,15,19-20,23-24,29-34,60H2,1-14H3,(H,63,72)(H,64,73)(H,65,71)(H,66,74)(H3,61,62,77)/t38-,39+,43?,44-,45-,46+,48-,49-,50-,51-,52+/m0/s1. The minimum atomic E-state index is -0.928. The van der Waals surface area contributed by atoms with Gasteiger partial charge in [0, 0.05) is 53.0 Å². The first kappa shape index (κ1) is 68.1. The quantitative estimate of drug-likeness (QED) is 0.0394. The van der Waals surface area contributed by atoms with Crippen LogP contribution in [0.15, 0.2) is 54.6 Å². The third-order valence-electron chi connectivity index (χ3n) is 15.5. The predicted molar refractivity (Wildman–Crippen MR) is 309 cm³/mol. The second-order valence-corrected chi connectivity index (χ2v) is 22.5. The first-order valence-electron chi connectivity index (χ1n) is 28.3. The molecule has 80 heavy (non-hydrogen) atoms. The van der Waals surface area contributed by atoms with Crippen molar-refractivity contribution >= 4 is 53.1 Å². The normalized spacial score (nSPS) is 17.3. The van der Waals surface area contributed by atoms with Gasteiger partial charge in [-0.1, -0.05) is 111 Å². The Bertz CT molecular complexity index is 2300. The highest BCUT2D eigenvalue weighted by Gasteiger charge is 2.44. The van der Waals surface area contributed by atoms with Crippen LogP contribution in [0.1, 0.15) is 112 Å². The number of carbonyl (C=O) groups is 8. The largest absolute Gasteiger partial charge is 0.467 e. The Morgan fingerprint density at radius 2 is 1.39 bits per heavy atom. The third kappa shape index (κ3) is 20.1. The van der Waals surface area contributed by atoms with Crippen LogP contribution in [0.5, 0.6) is 0 Å². The molecular weight excluding hydrogens is 1020 g/mol. The molecule has 1 unspecified atom stereocenters. The molecular formula is C59H96N10O11. The number of nitrogens with two attached hydrogens (primary N) is 2. The predicted octanol–water partition coefficient (Wildman–Crippen LogP) is 4.00. The molecule has 1 aliphatic rings. The molecule has 9 N–H and O–H groups in total. The van der Waals surface area contributed by atoms with Crippen LogP contribution in [0.2, 0.25) is 0 Å². The van der Waals surface area contributed by atoms with E-state index in [0.29, 0.717) is 50.9 Å². The van der Waals surface area contributed by atoms with Gasteiger partial charge in [-0.3, -0.25) is 33.7 Å². The summed E-state index contributed by atoms with van der Waals surface area (Å²) in [5.74, 6) is -4.13. The molecule has 0 spiro atoms. The molecule has 448 valence electrons. The Morgan fingerprint density at radius 1 is 0.750 bits per heavy atom. The van der Waals surface area contributed by atoms with Crippen molar-refractivity contribution in [2.45, 2.75) is 168 Å². The van der Waals surface area contributed by atoms with Crippen molar-refractivity contribution in [2.24, 2.45) is 41.1 Å². The third-order valence-corrected chi connectivity index (χ3v) is 15.5. The van der Waals surface area contributed by atoms with Gasteiger partial charge >= 0.3 is 12.0 Å². The zero-order chi connectivity index (χ0) is 60.0. The number of benzene rings is 2. The van der Waals surface area contributed by atoms with Crippen molar-refractivity contribution in [2.75, 3.05) is 60.4 Å². The van der Waals surface area contributed by atoms with Crippen molar-refractivity contribution in [1.29, 1.82) is 0 Å². The number of primary amides is 1. The number of anilines is 1. The molecule has 0 aromatic heterocycles. The molecule has 1 saturated heterocycles. The van der Waals surface area contributed by atoms with Crippen LogP contribution in [-0.4, -0.2) is 172 Å². The average Bonchev–Trinajstić information content (AvgIpc) is 3.97. The Balaban J connectivity index is 1.72. The van der Waals surface area contributed by atoms with Crippen LogP contribution in [0.25, 0.3) is 0 Å². The van der Waals surface area contributed by atoms with Crippen molar-refractivity contribution in [3.8, 4) is 0 Å². The summed E-state index contributed by atoms with van der Waals surface area (Å²) < 4.78 is 17.1. The van der Waals surface area contributed by atoms with E-state index in [9.17, 15) is 38.4 Å². The van der Waals surface area contributed by atoms with E-state index < -0.39 is 90.1 Å². The van der Waals surface area contributed by atoms with Gasteiger partial charge in [-0.25, -0.2) is 9.59 Å². The fourth-order valence-corrected chi connectivity index (χ4v) is 10.6. The van der Waals surface area contributed by atoms with Crippen LogP contribution >= 0.6 is 0 Å². The molecule has 11 atom stereocenters. The average molecular weight is 1120 g/mol. The molecule has 0 saturated carbocycles. The van der Waals surface area contributed by atoms with E-state index in [4.69, 9.17) is 25.7 Å². The highest BCUT2D eigenvalue weighted by atomic mass is 16.5. The number of likely N-dealkylation sites (tertiary alicyclic amines) is 1. The Morgan fingerprint density at radius 3 is 1.94 bits per heavy atom. The van der Waals surface area contributed by atoms with Gasteiger partial charge < -0.3 is 62.1 Å². The molecule has 2 aromatic rings. The molecule has 0 radical (unpaired) electrons. The summed E-state index contributed by atoms with van der Waals surface area (Å²) in [6.45, 7) is 18.2. The number of amides is 8. The number of hydrogen-bond donors (Lipinski definition) is 7. The van der Waals surface area contributed by atoms with E-state index in [1.54, 1.807) is 35.9 Å². The van der Waals surface area contributed by atoms with E-state index in [1.165, 1.54) is 21.3 Å². The van der Waals surface area contributed by atoms with E-state index >= 15 is 0 Å². The van der Waals surface area contributed by atoms with E-state index in [2.05, 4.69) is 26.6 Å². The molecule has 1 aliphatic heterocycles. The number of hydrogen-bond acceptors (Lipinski definition) is 13. The lowest BCUT2D eigenvalue weighted by Gasteiger charge is -2.41. The van der Waals surface area contributed by atoms with Crippen molar-refractivity contribution in [1.82, 2.24) is 36.0 Å². The van der Waals surface area contributed by atoms with Gasteiger partial charge in [-0.15, -0.1) is 0 Å². The second kappa shape index (κ2) is 33.6. The number of nitrogens with one attached hydrogen (secondary N) is 5. The number of carbonyl (C=O) groups excluding carboxylic acids is 8. The SMILES string of the molecule is CC[C@H](C)[C@@H]([C@@H](CC(=O)N1CCC[C@H]1[C@H](OC)[C@@H](C)C(=O)N[C@@H](Cc1ccccc1)C(=O)OC)OC)N(C)C(=O)[C@@H](NC(=O)[C@H](C(C)C)N(C)CCc1ccc(NC(=O)C(CCCNC(N)=O)NC(=O)[C@@H](N)C(C)C)cc1)C(C)C. The minimum Gasteiger partial charge on any atom is -0.467 e. The van der Waals surface area contributed by atoms with Gasteiger partial charge in [0.05, 0.1) is 55.8 Å². The van der Waals surface area contributed by atoms with Crippen LogP contribution < -0.4 is 38.1 Å². The molecule has 3 rings (SSSR count). The summed E-state index contributed by atoms with van der Waals surface area (Å²) in [7, 11) is 7.90. The van der Waals surface area contributed by atoms with Crippen LogP contribution in [-0.2, 0) is 60.6 Å². The topological polar surface area (TPSA) is 286 Å². The first-order valence-corrected chi connectivity index (χ1v) is 28.3. The van der Waals surface area contributed by atoms with Gasteiger partial charge in [-0.05, 0) is 86.1 Å². The van der Waals surface area contributed by atoms with Gasteiger partial charge in [-0.2, -0.15) is 0 Å². The van der Waals surface area contributed by atoms with E-state index in [1.807, 2.05) is 110 Å². The molecule has 21 heteroatoms. The van der Waals surface area contributed by atoms with Crippen LogP contribution in [0.4, 0.5) is 10.5 Å². The molecule has 0 aliphatic carbocycles. The fraction of sp³-hybridized carbons (Fsp3) is 0.661. The van der Waals surface area contributed by atoms with Crippen molar-refractivity contribution in [3.05, 3.63) is 65.7 Å². The van der Waals surface area contributed by atoms with Crippen molar-refractivity contribution in [3.63, 3.8) is 0 Å². The maximum absolute atomic E-state index is 14.8. The Hall–Kier alpha value is -6.16. The monoisotopic (exact) mass is 1120 g/mol. The lowest BCUT2D eigenvalue weighted by atomic mass is 9.89. The highest BCUT2D eigenvalue weighted by Crippen LogP contribution is 2.30. The molecule has 21 nitrogen and oxygen atoms in total. The maximum atomic E-state index is 14.8. The summed E-state index contributed by atoms with van der Waals surface area (Å²) in [5, 5.41) is 14.1. The molecule has 1 heterocycles. The summed E-state index contributed by atoms with van der Waals surface area (Å²) in [6.07, 6.45) is 1.89. The zero-order valence-corrected chi connectivity index (χ0v) is 50.0.